The highest BCUT2D eigenvalue weighted by molar-refractivity contribution is 7.00. The second kappa shape index (κ2) is 9.53. The second-order valence-corrected chi connectivity index (χ2v) is 13.2. The van der Waals surface area contributed by atoms with E-state index in [0.717, 1.165) is 10.4 Å². The van der Waals surface area contributed by atoms with E-state index in [2.05, 4.69) is 45.0 Å². The first-order valence-electron chi connectivity index (χ1n) is 10.7. The molecule has 3 rings (SSSR count). The summed E-state index contributed by atoms with van der Waals surface area (Å²) in [5.74, 6) is -0.0819. The number of Topliss-reactive ketones (excluding diaryl/α,β-unsaturated/α-hetero) is 1. The van der Waals surface area contributed by atoms with Gasteiger partial charge in [0.05, 0.1) is 0 Å². The van der Waals surface area contributed by atoms with Gasteiger partial charge in [-0.25, -0.2) is 0 Å². The monoisotopic (exact) mass is 446 g/mol. The third-order valence-corrected chi connectivity index (χ3v) is 10.4. The summed E-state index contributed by atoms with van der Waals surface area (Å²) in [6, 6.07) is 28.0. The van der Waals surface area contributed by atoms with Gasteiger partial charge in [0, 0.05) is 12.5 Å². The molecule has 0 saturated carbocycles. The van der Waals surface area contributed by atoms with Crippen LogP contribution in [0.5, 0.6) is 5.75 Å². The Bertz CT molecular complexity index is 1030. The van der Waals surface area contributed by atoms with E-state index in [0.29, 0.717) is 11.3 Å². The summed E-state index contributed by atoms with van der Waals surface area (Å²) in [7, 11) is -2.80. The molecule has 0 bridgehead atoms. The largest absolute Gasteiger partial charge is 0.534 e. The van der Waals surface area contributed by atoms with Gasteiger partial charge in [-0.3, -0.25) is 9.59 Å². The second-order valence-electron chi connectivity index (χ2n) is 8.94. The lowest BCUT2D eigenvalue weighted by Crippen LogP contribution is -2.68. The number of carbonyl (C=O) groups excluding carboxylic acids is 2. The summed E-state index contributed by atoms with van der Waals surface area (Å²) in [5, 5.41) is 2.13. The molecule has 0 saturated heterocycles. The molecule has 0 aliphatic carbocycles. The van der Waals surface area contributed by atoms with E-state index in [1.807, 2.05) is 54.6 Å². The molecular formula is C27H30O4Si. The van der Waals surface area contributed by atoms with Crippen LogP contribution in [0.25, 0.3) is 0 Å². The Hall–Kier alpha value is -3.18. The molecular weight excluding hydrogens is 416 g/mol. The molecule has 0 heterocycles. The molecule has 0 amide bonds. The van der Waals surface area contributed by atoms with Crippen LogP contribution in [0.15, 0.2) is 84.9 Å². The maximum absolute atomic E-state index is 12.2. The van der Waals surface area contributed by atoms with Gasteiger partial charge in [-0.15, -0.1) is 0 Å². The van der Waals surface area contributed by atoms with Gasteiger partial charge in [0.1, 0.15) is 5.75 Å². The van der Waals surface area contributed by atoms with Crippen LogP contribution < -0.4 is 14.8 Å². The van der Waals surface area contributed by atoms with Crippen LogP contribution in [-0.4, -0.2) is 20.1 Å². The summed E-state index contributed by atoms with van der Waals surface area (Å²) in [6.07, 6.45) is -0.949. The quantitative estimate of drug-likeness (QED) is 0.386. The maximum Gasteiger partial charge on any atom is 0.319 e. The highest BCUT2D eigenvalue weighted by atomic mass is 28.4. The summed E-state index contributed by atoms with van der Waals surface area (Å²) in [6.45, 7) is 9.35. The van der Waals surface area contributed by atoms with E-state index in [1.165, 1.54) is 13.8 Å². The highest BCUT2D eigenvalue weighted by Crippen LogP contribution is 2.38. The molecule has 0 aliphatic rings. The first-order valence-corrected chi connectivity index (χ1v) is 12.6. The lowest BCUT2D eigenvalue weighted by molar-refractivity contribution is -0.152. The van der Waals surface area contributed by atoms with Crippen molar-refractivity contribution < 1.29 is 18.8 Å². The fourth-order valence-corrected chi connectivity index (χ4v) is 8.53. The average Bonchev–Trinajstić information content (AvgIpc) is 2.76. The lowest BCUT2D eigenvalue weighted by Gasteiger charge is -2.43. The SMILES string of the molecule is CC(=O)OC(C(C)=O)c1cccc(O[Si](c2ccccc2)(c2ccccc2)C(C)(C)C)c1. The zero-order valence-electron chi connectivity index (χ0n) is 19.3. The molecule has 166 valence electrons. The van der Waals surface area contributed by atoms with Crippen molar-refractivity contribution in [2.24, 2.45) is 0 Å². The molecule has 0 aliphatic heterocycles. The molecule has 32 heavy (non-hydrogen) atoms. The Kier molecular flexibility index (Phi) is 6.99. The Morgan fingerprint density at radius 2 is 1.31 bits per heavy atom. The number of esters is 1. The van der Waals surface area contributed by atoms with Crippen molar-refractivity contribution in [3.8, 4) is 5.75 Å². The molecule has 0 N–H and O–H groups in total. The molecule has 1 unspecified atom stereocenters. The van der Waals surface area contributed by atoms with Crippen LogP contribution >= 0.6 is 0 Å². The number of carbonyl (C=O) groups is 2. The lowest BCUT2D eigenvalue weighted by atomic mass is 10.1. The predicted molar refractivity (Wildman–Crippen MR) is 130 cm³/mol. The minimum absolute atomic E-state index is 0.193. The summed E-state index contributed by atoms with van der Waals surface area (Å²) in [5.41, 5.74) is 0.600. The summed E-state index contributed by atoms with van der Waals surface area (Å²) >= 11 is 0. The molecule has 3 aromatic rings. The fraction of sp³-hybridized carbons (Fsp3) is 0.259. The van der Waals surface area contributed by atoms with Gasteiger partial charge in [-0.05, 0) is 34.5 Å². The third kappa shape index (κ3) is 4.83. The number of rotatable bonds is 7. The van der Waals surface area contributed by atoms with Crippen molar-refractivity contribution in [3.63, 3.8) is 0 Å². The minimum atomic E-state index is -2.80. The van der Waals surface area contributed by atoms with Gasteiger partial charge >= 0.3 is 14.3 Å². The Morgan fingerprint density at radius 3 is 1.75 bits per heavy atom. The number of ether oxygens (including phenoxy) is 1. The molecule has 3 aromatic carbocycles. The average molecular weight is 447 g/mol. The van der Waals surface area contributed by atoms with Crippen molar-refractivity contribution in [3.05, 3.63) is 90.5 Å². The summed E-state index contributed by atoms with van der Waals surface area (Å²) in [4.78, 5) is 23.7. The number of ketones is 1. The van der Waals surface area contributed by atoms with E-state index in [-0.39, 0.29) is 10.8 Å². The molecule has 4 nitrogen and oxygen atoms in total. The van der Waals surface area contributed by atoms with Crippen molar-refractivity contribution in [2.45, 2.75) is 45.8 Å². The van der Waals surface area contributed by atoms with Crippen molar-refractivity contribution >= 4 is 30.4 Å². The van der Waals surface area contributed by atoms with Crippen molar-refractivity contribution in [1.82, 2.24) is 0 Å². The van der Waals surface area contributed by atoms with Gasteiger partial charge < -0.3 is 9.16 Å². The van der Waals surface area contributed by atoms with E-state index in [9.17, 15) is 9.59 Å². The van der Waals surface area contributed by atoms with Gasteiger partial charge in [-0.1, -0.05) is 93.6 Å². The molecule has 5 heteroatoms. The van der Waals surface area contributed by atoms with Gasteiger partial charge in [-0.2, -0.15) is 0 Å². The van der Waals surface area contributed by atoms with Crippen molar-refractivity contribution in [1.29, 1.82) is 0 Å². The highest BCUT2D eigenvalue weighted by Gasteiger charge is 2.52. The first-order chi connectivity index (χ1) is 15.1. The van der Waals surface area contributed by atoms with Gasteiger partial charge in [0.2, 0.25) is 0 Å². The van der Waals surface area contributed by atoms with Crippen LogP contribution in [0.4, 0.5) is 0 Å². The third-order valence-electron chi connectivity index (χ3n) is 5.50. The van der Waals surface area contributed by atoms with E-state index in [1.54, 1.807) is 6.07 Å². The van der Waals surface area contributed by atoms with Crippen LogP contribution in [0.1, 0.15) is 46.3 Å². The molecule has 0 fully saturated rings. The zero-order chi connectivity index (χ0) is 23.4. The van der Waals surface area contributed by atoms with E-state index < -0.39 is 20.4 Å². The van der Waals surface area contributed by atoms with Crippen LogP contribution in [-0.2, 0) is 14.3 Å². The standard InChI is InChI=1S/C27H30O4Si/c1-20(28)26(30-21(2)29)22-13-12-14-23(19-22)31-32(27(3,4)5,24-15-8-6-9-16-24)25-17-10-7-11-18-25/h6-19,26H,1-5H3. The number of hydrogen-bond donors (Lipinski definition) is 0. The Morgan fingerprint density at radius 1 is 0.781 bits per heavy atom. The maximum atomic E-state index is 12.2. The summed E-state index contributed by atoms with van der Waals surface area (Å²) < 4.78 is 12.3. The van der Waals surface area contributed by atoms with Crippen LogP contribution in [0, 0.1) is 0 Å². The Balaban J connectivity index is 2.17. The minimum Gasteiger partial charge on any atom is -0.534 e. The first kappa shape index (κ1) is 23.5. The molecule has 0 aromatic heterocycles. The van der Waals surface area contributed by atoms with E-state index in [4.69, 9.17) is 9.16 Å². The molecule has 1 atom stereocenters. The topological polar surface area (TPSA) is 52.6 Å². The fourth-order valence-electron chi connectivity index (χ4n) is 4.12. The van der Waals surface area contributed by atoms with Crippen LogP contribution in [0.2, 0.25) is 5.04 Å². The van der Waals surface area contributed by atoms with Gasteiger partial charge in [0.25, 0.3) is 0 Å². The van der Waals surface area contributed by atoms with Crippen LogP contribution in [0.3, 0.4) is 0 Å². The Labute approximate surface area is 191 Å². The van der Waals surface area contributed by atoms with E-state index >= 15 is 0 Å². The molecule has 0 radical (unpaired) electrons. The molecule has 0 spiro atoms. The smallest absolute Gasteiger partial charge is 0.319 e. The predicted octanol–water partition coefficient (Wildman–Crippen LogP) is 4.82. The van der Waals surface area contributed by atoms with Crippen molar-refractivity contribution in [2.75, 3.05) is 0 Å². The number of hydrogen-bond acceptors (Lipinski definition) is 4. The number of benzene rings is 3. The van der Waals surface area contributed by atoms with Gasteiger partial charge in [0.15, 0.2) is 11.9 Å². The zero-order valence-corrected chi connectivity index (χ0v) is 20.3. The normalized spacial score (nSPS) is 12.7.